The Labute approximate surface area is 114 Å². The fourth-order valence-electron chi connectivity index (χ4n) is 2.19. The van der Waals surface area contributed by atoms with E-state index in [1.807, 2.05) is 20.8 Å². The minimum Gasteiger partial charge on any atom is -0.321 e. The first-order valence-electron chi connectivity index (χ1n) is 7.69. The van der Waals surface area contributed by atoms with Crippen LogP contribution in [-0.4, -0.2) is 11.8 Å². The predicted octanol–water partition coefficient (Wildman–Crippen LogP) is 4.46. The lowest BCUT2D eigenvalue weighted by Crippen LogP contribution is -2.38. The molecule has 1 atom stereocenters. The Morgan fingerprint density at radius 1 is 0.944 bits per heavy atom. The fraction of sp³-hybridized carbons (Fsp3) is 0.938. The molecule has 0 rings (SSSR count). The minimum atomic E-state index is -0.292. The number of unbranched alkanes of at least 4 members (excludes halogenated alkanes) is 7. The van der Waals surface area contributed by atoms with E-state index >= 15 is 0 Å². The highest BCUT2D eigenvalue weighted by Crippen LogP contribution is 2.18. The summed E-state index contributed by atoms with van der Waals surface area (Å²) in [5, 5.41) is 0. The van der Waals surface area contributed by atoms with Crippen LogP contribution in [0.4, 0.5) is 0 Å². The highest BCUT2D eigenvalue weighted by atomic mass is 16.1. The lowest BCUT2D eigenvalue weighted by molar-refractivity contribution is -0.127. The van der Waals surface area contributed by atoms with Crippen molar-refractivity contribution >= 4 is 5.78 Å². The van der Waals surface area contributed by atoms with E-state index in [4.69, 9.17) is 5.73 Å². The first-order valence-corrected chi connectivity index (χ1v) is 7.69. The van der Waals surface area contributed by atoms with Crippen LogP contribution >= 0.6 is 0 Å². The lowest BCUT2D eigenvalue weighted by Gasteiger charge is -2.21. The van der Waals surface area contributed by atoms with Crippen molar-refractivity contribution in [2.45, 2.75) is 91.5 Å². The minimum absolute atomic E-state index is 0.199. The molecule has 0 heterocycles. The third kappa shape index (κ3) is 8.68. The third-order valence-corrected chi connectivity index (χ3v) is 3.44. The predicted molar refractivity (Wildman–Crippen MR) is 79.7 cm³/mol. The van der Waals surface area contributed by atoms with Crippen LogP contribution in [0.25, 0.3) is 0 Å². The van der Waals surface area contributed by atoms with E-state index in [0.717, 1.165) is 12.8 Å². The second-order valence-electron chi connectivity index (χ2n) is 6.48. The smallest absolute Gasteiger partial charge is 0.154 e. The molecule has 0 saturated heterocycles. The van der Waals surface area contributed by atoms with Crippen LogP contribution in [0.1, 0.15) is 85.5 Å². The zero-order valence-electron chi connectivity index (χ0n) is 12.9. The molecule has 0 radical (unpaired) electrons. The molecule has 0 saturated carbocycles. The average Bonchev–Trinajstić information content (AvgIpc) is 2.30. The molecule has 0 spiro atoms. The molecular weight excluding hydrogens is 222 g/mol. The van der Waals surface area contributed by atoms with E-state index < -0.39 is 0 Å². The van der Waals surface area contributed by atoms with Gasteiger partial charge in [-0.3, -0.25) is 4.79 Å². The van der Waals surface area contributed by atoms with Crippen LogP contribution in [-0.2, 0) is 4.79 Å². The van der Waals surface area contributed by atoms with Gasteiger partial charge in [0.15, 0.2) is 5.78 Å². The Morgan fingerprint density at radius 2 is 1.39 bits per heavy atom. The Balaban J connectivity index is 3.46. The number of nitrogens with two attached hydrogens (primary N) is 1. The number of ketones is 1. The maximum atomic E-state index is 11.9. The molecule has 0 amide bonds. The van der Waals surface area contributed by atoms with Gasteiger partial charge in [-0.15, -0.1) is 0 Å². The van der Waals surface area contributed by atoms with E-state index in [1.165, 1.54) is 44.9 Å². The van der Waals surface area contributed by atoms with Gasteiger partial charge in [0.25, 0.3) is 0 Å². The summed E-state index contributed by atoms with van der Waals surface area (Å²) < 4.78 is 0. The van der Waals surface area contributed by atoms with Gasteiger partial charge in [0.2, 0.25) is 0 Å². The first-order chi connectivity index (χ1) is 8.39. The van der Waals surface area contributed by atoms with Crippen molar-refractivity contribution in [3.63, 3.8) is 0 Å². The average molecular weight is 255 g/mol. The van der Waals surface area contributed by atoms with Gasteiger partial charge in [-0.2, -0.15) is 0 Å². The molecule has 2 N–H and O–H groups in total. The molecule has 1 unspecified atom stereocenters. The van der Waals surface area contributed by atoms with Crippen molar-refractivity contribution in [2.24, 2.45) is 11.1 Å². The summed E-state index contributed by atoms with van der Waals surface area (Å²) in [7, 11) is 0. The maximum absolute atomic E-state index is 11.9. The Morgan fingerprint density at radius 3 is 1.83 bits per heavy atom. The Kier molecular flexibility index (Phi) is 9.35. The van der Waals surface area contributed by atoms with Gasteiger partial charge >= 0.3 is 0 Å². The van der Waals surface area contributed by atoms with Crippen molar-refractivity contribution in [1.29, 1.82) is 0 Å². The third-order valence-electron chi connectivity index (χ3n) is 3.44. The zero-order valence-corrected chi connectivity index (χ0v) is 12.9. The van der Waals surface area contributed by atoms with Crippen molar-refractivity contribution in [2.75, 3.05) is 0 Å². The van der Waals surface area contributed by atoms with Gasteiger partial charge in [-0.1, -0.05) is 79.1 Å². The van der Waals surface area contributed by atoms with Gasteiger partial charge in [-0.25, -0.2) is 0 Å². The van der Waals surface area contributed by atoms with Gasteiger partial charge in [-0.05, 0) is 6.42 Å². The van der Waals surface area contributed by atoms with Crippen molar-refractivity contribution in [1.82, 2.24) is 0 Å². The monoisotopic (exact) mass is 255 g/mol. The quantitative estimate of drug-likeness (QED) is 0.586. The van der Waals surface area contributed by atoms with Crippen molar-refractivity contribution in [3.05, 3.63) is 0 Å². The van der Waals surface area contributed by atoms with Gasteiger partial charge in [0, 0.05) is 5.41 Å². The molecular formula is C16H33NO. The summed E-state index contributed by atoms with van der Waals surface area (Å²) in [5.74, 6) is 0.199. The molecule has 0 aliphatic rings. The van der Waals surface area contributed by atoms with Gasteiger partial charge in [0.05, 0.1) is 6.04 Å². The summed E-state index contributed by atoms with van der Waals surface area (Å²) in [6.07, 6.45) is 11.2. The van der Waals surface area contributed by atoms with Gasteiger partial charge < -0.3 is 5.73 Å². The van der Waals surface area contributed by atoms with E-state index in [-0.39, 0.29) is 17.2 Å². The number of carbonyl (C=O) groups excluding carboxylic acids is 1. The summed E-state index contributed by atoms with van der Waals surface area (Å²) in [6.45, 7) is 8.09. The fourth-order valence-corrected chi connectivity index (χ4v) is 2.19. The molecule has 0 aromatic carbocycles. The molecule has 0 aromatic rings. The van der Waals surface area contributed by atoms with E-state index in [9.17, 15) is 4.79 Å². The number of rotatable bonds is 10. The highest BCUT2D eigenvalue weighted by Gasteiger charge is 2.26. The SMILES string of the molecule is CCCCCCCCCCC(N)C(=O)C(C)(C)C. The van der Waals surface area contributed by atoms with Crippen LogP contribution in [0.15, 0.2) is 0 Å². The Bertz CT molecular complexity index is 218. The van der Waals surface area contributed by atoms with Crippen LogP contribution < -0.4 is 5.73 Å². The zero-order chi connectivity index (χ0) is 14.0. The van der Waals surface area contributed by atoms with Crippen LogP contribution in [0.2, 0.25) is 0 Å². The van der Waals surface area contributed by atoms with Crippen molar-refractivity contribution < 1.29 is 4.79 Å². The molecule has 0 aromatic heterocycles. The van der Waals surface area contributed by atoms with Gasteiger partial charge in [0.1, 0.15) is 0 Å². The summed E-state index contributed by atoms with van der Waals surface area (Å²) in [4.78, 5) is 11.9. The summed E-state index contributed by atoms with van der Waals surface area (Å²) in [5.41, 5.74) is 5.64. The van der Waals surface area contributed by atoms with E-state index in [1.54, 1.807) is 0 Å². The summed E-state index contributed by atoms with van der Waals surface area (Å²) in [6, 6.07) is -0.259. The number of carbonyl (C=O) groups is 1. The second-order valence-corrected chi connectivity index (χ2v) is 6.48. The molecule has 2 heteroatoms. The highest BCUT2D eigenvalue weighted by molar-refractivity contribution is 5.88. The molecule has 108 valence electrons. The molecule has 0 aliphatic heterocycles. The van der Waals surface area contributed by atoms with Crippen molar-refractivity contribution in [3.8, 4) is 0 Å². The maximum Gasteiger partial charge on any atom is 0.154 e. The largest absolute Gasteiger partial charge is 0.321 e. The van der Waals surface area contributed by atoms with E-state index in [2.05, 4.69) is 6.92 Å². The lowest BCUT2D eigenvalue weighted by atomic mass is 9.85. The first kappa shape index (κ1) is 17.6. The topological polar surface area (TPSA) is 43.1 Å². The second kappa shape index (κ2) is 9.55. The molecule has 2 nitrogen and oxygen atoms in total. The standard InChI is InChI=1S/C16H33NO/c1-5-6-7-8-9-10-11-12-13-14(17)15(18)16(2,3)4/h14H,5-13,17H2,1-4H3. The number of hydrogen-bond acceptors (Lipinski definition) is 2. The normalized spacial score (nSPS) is 13.6. The van der Waals surface area contributed by atoms with Crippen LogP contribution in [0.3, 0.4) is 0 Å². The molecule has 0 aliphatic carbocycles. The van der Waals surface area contributed by atoms with Crippen LogP contribution in [0, 0.1) is 5.41 Å². The molecule has 0 fully saturated rings. The number of hydrogen-bond donors (Lipinski definition) is 1. The Hall–Kier alpha value is -0.370. The molecule has 18 heavy (non-hydrogen) atoms. The van der Waals surface area contributed by atoms with Crippen LogP contribution in [0.5, 0.6) is 0 Å². The van der Waals surface area contributed by atoms with E-state index in [0.29, 0.717) is 0 Å². The summed E-state index contributed by atoms with van der Waals surface area (Å²) >= 11 is 0. The number of Topliss-reactive ketones (excluding diaryl/α,β-unsaturated/α-hetero) is 1. The molecule has 0 bridgehead atoms.